The summed E-state index contributed by atoms with van der Waals surface area (Å²) in [5.41, 5.74) is 0. The zero-order chi connectivity index (χ0) is 12.3. The first-order valence-corrected chi connectivity index (χ1v) is 7.97. The molecule has 1 saturated heterocycles. The molecule has 1 heterocycles. The Labute approximate surface area is 100 Å². The fraction of sp³-hybridized carbons (Fsp3) is 1.00. The fourth-order valence-electron chi connectivity index (χ4n) is 2.37. The second-order valence-electron chi connectivity index (χ2n) is 5.33. The lowest BCUT2D eigenvalue weighted by atomic mass is 9.84. The van der Waals surface area contributed by atoms with Gasteiger partial charge in [-0.2, -0.15) is 0 Å². The van der Waals surface area contributed by atoms with Gasteiger partial charge < -0.3 is 0 Å². The molecule has 0 amide bonds. The maximum atomic E-state index is 11.9. The average molecular weight is 247 g/mol. The summed E-state index contributed by atoms with van der Waals surface area (Å²) in [4.78, 5) is 0. The summed E-state index contributed by atoms with van der Waals surface area (Å²) in [5, 5.41) is 0. The van der Waals surface area contributed by atoms with Crippen LogP contribution in [0.4, 0.5) is 0 Å². The van der Waals surface area contributed by atoms with Gasteiger partial charge in [-0.3, -0.25) is 0 Å². The van der Waals surface area contributed by atoms with Crippen LogP contribution in [-0.4, -0.2) is 31.6 Å². The van der Waals surface area contributed by atoms with Gasteiger partial charge in [0.2, 0.25) is 10.0 Å². The molecule has 0 spiro atoms. The monoisotopic (exact) mass is 247 g/mol. The Kier molecular flexibility index (Phi) is 4.80. The van der Waals surface area contributed by atoms with Gasteiger partial charge >= 0.3 is 0 Å². The molecule has 2 atom stereocenters. The van der Waals surface area contributed by atoms with Gasteiger partial charge in [0.15, 0.2) is 0 Å². The SMILES string of the molecule is CCCS(=O)(=O)N1CCC([C@H](C)C(C)C)C1. The molecule has 1 fully saturated rings. The van der Waals surface area contributed by atoms with E-state index in [1.165, 1.54) is 0 Å². The standard InChI is InChI=1S/C12H25NO2S/c1-5-8-16(14,15)13-7-6-12(9-13)11(4)10(2)3/h10-12H,5-9H2,1-4H3/t11-,12?/m1/s1. The predicted molar refractivity (Wildman–Crippen MR) is 67.8 cm³/mol. The van der Waals surface area contributed by atoms with Crippen LogP contribution in [0.1, 0.15) is 40.5 Å². The lowest BCUT2D eigenvalue weighted by Gasteiger charge is -2.23. The maximum absolute atomic E-state index is 11.9. The summed E-state index contributed by atoms with van der Waals surface area (Å²) in [5.74, 6) is 2.10. The quantitative estimate of drug-likeness (QED) is 0.748. The van der Waals surface area contributed by atoms with E-state index >= 15 is 0 Å². The fourth-order valence-corrected chi connectivity index (χ4v) is 3.94. The van der Waals surface area contributed by atoms with Crippen molar-refractivity contribution >= 4 is 10.0 Å². The minimum absolute atomic E-state index is 0.301. The zero-order valence-electron chi connectivity index (χ0n) is 10.9. The van der Waals surface area contributed by atoms with Gasteiger partial charge in [0.05, 0.1) is 5.75 Å². The van der Waals surface area contributed by atoms with E-state index in [2.05, 4.69) is 20.8 Å². The van der Waals surface area contributed by atoms with Gasteiger partial charge in [0, 0.05) is 13.1 Å². The van der Waals surface area contributed by atoms with Crippen LogP contribution < -0.4 is 0 Å². The van der Waals surface area contributed by atoms with Crippen LogP contribution in [0.3, 0.4) is 0 Å². The van der Waals surface area contributed by atoms with Gasteiger partial charge in [-0.05, 0) is 30.6 Å². The van der Waals surface area contributed by atoms with E-state index < -0.39 is 10.0 Å². The Morgan fingerprint density at radius 1 is 1.31 bits per heavy atom. The molecule has 0 aromatic carbocycles. The molecule has 1 unspecified atom stereocenters. The lowest BCUT2D eigenvalue weighted by Crippen LogP contribution is -2.32. The first kappa shape index (κ1) is 14.0. The number of nitrogens with zero attached hydrogens (tertiary/aromatic N) is 1. The summed E-state index contributed by atoms with van der Waals surface area (Å²) < 4.78 is 25.5. The Morgan fingerprint density at radius 3 is 2.44 bits per heavy atom. The highest BCUT2D eigenvalue weighted by atomic mass is 32.2. The van der Waals surface area contributed by atoms with Crippen molar-refractivity contribution in [3.05, 3.63) is 0 Å². The molecule has 96 valence electrons. The Balaban J connectivity index is 2.59. The number of hydrogen-bond donors (Lipinski definition) is 0. The molecule has 1 aliphatic heterocycles. The largest absolute Gasteiger partial charge is 0.214 e. The van der Waals surface area contributed by atoms with E-state index in [-0.39, 0.29) is 0 Å². The predicted octanol–water partition coefficient (Wildman–Crippen LogP) is 2.34. The summed E-state index contributed by atoms with van der Waals surface area (Å²) in [7, 11) is -2.97. The van der Waals surface area contributed by atoms with Gasteiger partial charge in [-0.25, -0.2) is 12.7 Å². The third-order valence-electron chi connectivity index (χ3n) is 3.84. The minimum atomic E-state index is -2.97. The van der Waals surface area contributed by atoms with Crippen molar-refractivity contribution in [3.63, 3.8) is 0 Å². The van der Waals surface area contributed by atoms with Crippen molar-refractivity contribution < 1.29 is 8.42 Å². The topological polar surface area (TPSA) is 37.4 Å². The molecule has 0 N–H and O–H groups in total. The molecular weight excluding hydrogens is 222 g/mol. The summed E-state index contributed by atoms with van der Waals surface area (Å²) >= 11 is 0. The number of sulfonamides is 1. The van der Waals surface area contributed by atoms with Crippen LogP contribution in [0.2, 0.25) is 0 Å². The van der Waals surface area contributed by atoms with Gasteiger partial charge in [0.1, 0.15) is 0 Å². The summed E-state index contributed by atoms with van der Waals surface area (Å²) in [6.07, 6.45) is 1.74. The normalized spacial score (nSPS) is 25.2. The molecule has 16 heavy (non-hydrogen) atoms. The Morgan fingerprint density at radius 2 is 1.94 bits per heavy atom. The molecule has 0 saturated carbocycles. The van der Waals surface area contributed by atoms with Crippen molar-refractivity contribution in [1.29, 1.82) is 0 Å². The van der Waals surface area contributed by atoms with E-state index in [1.54, 1.807) is 4.31 Å². The first-order chi connectivity index (χ1) is 7.38. The third kappa shape index (κ3) is 3.20. The van der Waals surface area contributed by atoms with Crippen LogP contribution in [0.25, 0.3) is 0 Å². The average Bonchev–Trinajstić information content (AvgIpc) is 2.65. The first-order valence-electron chi connectivity index (χ1n) is 6.36. The molecule has 4 heteroatoms. The number of rotatable bonds is 5. The van der Waals surface area contributed by atoms with E-state index in [9.17, 15) is 8.42 Å². The van der Waals surface area contributed by atoms with E-state index in [4.69, 9.17) is 0 Å². The van der Waals surface area contributed by atoms with Crippen molar-refractivity contribution in [2.45, 2.75) is 40.5 Å². The summed E-state index contributed by atoms with van der Waals surface area (Å²) in [6.45, 7) is 10.1. The molecule has 0 aromatic rings. The Bertz CT molecular complexity index is 311. The summed E-state index contributed by atoms with van der Waals surface area (Å²) in [6, 6.07) is 0. The van der Waals surface area contributed by atoms with Crippen molar-refractivity contribution in [3.8, 4) is 0 Å². The van der Waals surface area contributed by atoms with Crippen molar-refractivity contribution in [2.75, 3.05) is 18.8 Å². The maximum Gasteiger partial charge on any atom is 0.214 e. The van der Waals surface area contributed by atoms with Crippen molar-refractivity contribution in [2.24, 2.45) is 17.8 Å². The third-order valence-corrected chi connectivity index (χ3v) is 5.88. The molecule has 0 aliphatic carbocycles. The molecule has 1 aliphatic rings. The molecule has 3 nitrogen and oxygen atoms in total. The van der Waals surface area contributed by atoms with E-state index in [1.807, 2.05) is 6.92 Å². The van der Waals surface area contributed by atoms with Crippen LogP contribution in [0.15, 0.2) is 0 Å². The van der Waals surface area contributed by atoms with Crippen molar-refractivity contribution in [1.82, 2.24) is 4.31 Å². The number of hydrogen-bond acceptors (Lipinski definition) is 2. The second kappa shape index (κ2) is 5.50. The van der Waals surface area contributed by atoms with E-state index in [0.717, 1.165) is 19.5 Å². The molecule has 1 rings (SSSR count). The molecule has 0 radical (unpaired) electrons. The van der Waals surface area contributed by atoms with Gasteiger partial charge in [-0.15, -0.1) is 0 Å². The van der Waals surface area contributed by atoms with Crippen LogP contribution >= 0.6 is 0 Å². The second-order valence-corrected chi connectivity index (χ2v) is 7.41. The van der Waals surface area contributed by atoms with Gasteiger partial charge in [0.25, 0.3) is 0 Å². The molecule has 0 aromatic heterocycles. The minimum Gasteiger partial charge on any atom is -0.212 e. The highest BCUT2D eigenvalue weighted by Gasteiger charge is 2.33. The molecule has 0 bridgehead atoms. The lowest BCUT2D eigenvalue weighted by molar-refractivity contribution is 0.286. The van der Waals surface area contributed by atoms with Crippen LogP contribution in [0, 0.1) is 17.8 Å². The highest BCUT2D eigenvalue weighted by molar-refractivity contribution is 7.89. The van der Waals surface area contributed by atoms with Gasteiger partial charge in [-0.1, -0.05) is 27.7 Å². The molecular formula is C12H25NO2S. The smallest absolute Gasteiger partial charge is 0.212 e. The van der Waals surface area contributed by atoms with Crippen LogP contribution in [0.5, 0.6) is 0 Å². The Hall–Kier alpha value is -0.0900. The van der Waals surface area contributed by atoms with E-state index in [0.29, 0.717) is 29.9 Å². The van der Waals surface area contributed by atoms with Crippen LogP contribution in [-0.2, 0) is 10.0 Å². The zero-order valence-corrected chi connectivity index (χ0v) is 11.8. The highest BCUT2D eigenvalue weighted by Crippen LogP contribution is 2.30.